The van der Waals surface area contributed by atoms with Crippen molar-refractivity contribution in [3.05, 3.63) is 92.8 Å². The predicted molar refractivity (Wildman–Crippen MR) is 134 cm³/mol. The summed E-state index contributed by atoms with van der Waals surface area (Å²) in [5, 5.41) is 8.34. The highest BCUT2D eigenvalue weighted by molar-refractivity contribution is 9.11. The molecule has 3 aromatic rings. The van der Waals surface area contributed by atoms with Crippen molar-refractivity contribution in [2.75, 3.05) is 0 Å². The molecule has 0 fully saturated rings. The Kier molecular flexibility index (Phi) is 8.04. The molecule has 162 valence electrons. The van der Waals surface area contributed by atoms with E-state index in [0.29, 0.717) is 0 Å². The molecule has 1 N–H and O–H groups in total. The first-order chi connectivity index (χ1) is 15.0. The molecule has 3 nitrogen and oxygen atoms in total. The van der Waals surface area contributed by atoms with Crippen molar-refractivity contribution in [3.63, 3.8) is 0 Å². The SMILES string of the molecule is C=Cc1c(C(=C\C)/C(=C\CC)NC(CC)c2ccc(Br)s2)cnn1-c1ccc(F)cc1. The van der Waals surface area contributed by atoms with E-state index in [1.807, 2.05) is 13.1 Å². The number of hydrogen-bond donors (Lipinski definition) is 1. The third-order valence-electron chi connectivity index (χ3n) is 5.02. The molecule has 1 unspecified atom stereocenters. The van der Waals surface area contributed by atoms with E-state index < -0.39 is 0 Å². The van der Waals surface area contributed by atoms with Crippen LogP contribution in [0, 0.1) is 5.82 Å². The summed E-state index contributed by atoms with van der Waals surface area (Å²) in [4.78, 5) is 1.29. The molecule has 0 spiro atoms. The van der Waals surface area contributed by atoms with Gasteiger partial charge in [-0.2, -0.15) is 5.10 Å². The Morgan fingerprint density at radius 1 is 1.26 bits per heavy atom. The Bertz CT molecular complexity index is 1090. The first-order valence-electron chi connectivity index (χ1n) is 10.4. The summed E-state index contributed by atoms with van der Waals surface area (Å²) in [7, 11) is 0. The third-order valence-corrected chi connectivity index (χ3v) is 6.76. The maximum atomic E-state index is 13.4. The van der Waals surface area contributed by atoms with Gasteiger partial charge in [-0.15, -0.1) is 11.3 Å². The van der Waals surface area contributed by atoms with Crippen LogP contribution in [0.25, 0.3) is 17.3 Å². The molecule has 0 saturated heterocycles. The summed E-state index contributed by atoms with van der Waals surface area (Å²) in [6.07, 6.45) is 9.83. The zero-order chi connectivity index (χ0) is 22.4. The van der Waals surface area contributed by atoms with E-state index in [-0.39, 0.29) is 11.9 Å². The van der Waals surface area contributed by atoms with Gasteiger partial charge in [0.2, 0.25) is 0 Å². The van der Waals surface area contributed by atoms with E-state index in [1.54, 1.807) is 34.2 Å². The zero-order valence-corrected chi connectivity index (χ0v) is 20.4. The molecular formula is C25H27BrFN3S. The molecule has 3 rings (SSSR count). The Labute approximate surface area is 196 Å². The van der Waals surface area contributed by atoms with Crippen LogP contribution in [0.1, 0.15) is 55.8 Å². The summed E-state index contributed by atoms with van der Waals surface area (Å²) in [6, 6.07) is 10.8. The number of aromatic nitrogens is 2. The van der Waals surface area contributed by atoms with Gasteiger partial charge >= 0.3 is 0 Å². The molecule has 0 saturated carbocycles. The number of allylic oxidation sites excluding steroid dienone is 3. The van der Waals surface area contributed by atoms with E-state index in [1.165, 1.54) is 17.0 Å². The van der Waals surface area contributed by atoms with E-state index >= 15 is 0 Å². The van der Waals surface area contributed by atoms with Crippen LogP contribution in [0.15, 0.2) is 70.8 Å². The van der Waals surface area contributed by atoms with E-state index in [9.17, 15) is 4.39 Å². The Hall–Kier alpha value is -2.44. The molecule has 6 heteroatoms. The zero-order valence-electron chi connectivity index (χ0n) is 18.0. The summed E-state index contributed by atoms with van der Waals surface area (Å²) >= 11 is 5.32. The molecule has 0 radical (unpaired) electrons. The fraction of sp³-hybridized carbons (Fsp3) is 0.240. The standard InChI is InChI=1S/C25H27BrFN3S/c1-5-9-22(29-21(7-3)24-14-15-25(26)31-24)19(6-2)20-16-28-30(23(20)8-4)18-12-10-17(27)11-13-18/h6,8-16,21,29H,4-5,7H2,1-3H3/b19-6+,22-9+. The van der Waals surface area contributed by atoms with Gasteiger partial charge < -0.3 is 5.32 Å². The first-order valence-corrected chi connectivity index (χ1v) is 12.0. The topological polar surface area (TPSA) is 29.9 Å². The first kappa shape index (κ1) is 23.2. The predicted octanol–water partition coefficient (Wildman–Crippen LogP) is 7.92. The average molecular weight is 500 g/mol. The van der Waals surface area contributed by atoms with Crippen LogP contribution in [0.4, 0.5) is 4.39 Å². The molecule has 2 heterocycles. The van der Waals surface area contributed by atoms with Gasteiger partial charge in [-0.3, -0.25) is 0 Å². The van der Waals surface area contributed by atoms with Crippen molar-refractivity contribution in [3.8, 4) is 5.69 Å². The molecular weight excluding hydrogens is 473 g/mol. The fourth-order valence-electron chi connectivity index (χ4n) is 3.53. The molecule has 0 aliphatic carbocycles. The highest BCUT2D eigenvalue weighted by Gasteiger charge is 2.19. The summed E-state index contributed by atoms with van der Waals surface area (Å²) in [5.74, 6) is -0.270. The second kappa shape index (κ2) is 10.7. The Balaban J connectivity index is 1.99. The van der Waals surface area contributed by atoms with Crippen LogP contribution >= 0.6 is 27.3 Å². The maximum absolute atomic E-state index is 13.4. The van der Waals surface area contributed by atoms with Crippen LogP contribution in [0.2, 0.25) is 0 Å². The van der Waals surface area contributed by atoms with E-state index in [4.69, 9.17) is 0 Å². The second-order valence-electron chi connectivity index (χ2n) is 7.01. The highest BCUT2D eigenvalue weighted by atomic mass is 79.9. The fourth-order valence-corrected chi connectivity index (χ4v) is 5.09. The smallest absolute Gasteiger partial charge is 0.123 e. The number of hydrogen-bond acceptors (Lipinski definition) is 3. The minimum atomic E-state index is -0.270. The summed E-state index contributed by atoms with van der Waals surface area (Å²) in [5.41, 5.74) is 4.79. The lowest BCUT2D eigenvalue weighted by molar-refractivity contribution is 0.598. The largest absolute Gasteiger partial charge is 0.377 e. The number of nitrogens with one attached hydrogen (secondary N) is 1. The lowest BCUT2D eigenvalue weighted by atomic mass is 10.0. The average Bonchev–Trinajstić information content (AvgIpc) is 3.39. The van der Waals surface area contributed by atoms with Crippen LogP contribution in [0.5, 0.6) is 0 Å². The van der Waals surface area contributed by atoms with Gasteiger partial charge in [0.25, 0.3) is 0 Å². The number of rotatable bonds is 9. The van der Waals surface area contributed by atoms with Crippen molar-refractivity contribution in [2.24, 2.45) is 0 Å². The van der Waals surface area contributed by atoms with E-state index in [2.05, 4.69) is 71.1 Å². The normalized spacial score (nSPS) is 13.3. The van der Waals surface area contributed by atoms with Gasteiger partial charge in [-0.1, -0.05) is 32.6 Å². The van der Waals surface area contributed by atoms with Crippen LogP contribution in [0.3, 0.4) is 0 Å². The number of benzene rings is 1. The Morgan fingerprint density at radius 2 is 2.00 bits per heavy atom. The minimum absolute atomic E-state index is 0.211. The lowest BCUT2D eigenvalue weighted by Crippen LogP contribution is -2.20. The summed E-state index contributed by atoms with van der Waals surface area (Å²) in [6.45, 7) is 10.4. The van der Waals surface area contributed by atoms with E-state index in [0.717, 1.165) is 44.8 Å². The van der Waals surface area contributed by atoms with Gasteiger partial charge in [0.05, 0.1) is 27.4 Å². The van der Waals surface area contributed by atoms with Crippen LogP contribution in [-0.4, -0.2) is 9.78 Å². The minimum Gasteiger partial charge on any atom is -0.377 e. The molecule has 0 aliphatic rings. The maximum Gasteiger partial charge on any atom is 0.123 e. The van der Waals surface area contributed by atoms with Gasteiger partial charge in [0.15, 0.2) is 0 Å². The molecule has 0 aliphatic heterocycles. The van der Waals surface area contributed by atoms with Gasteiger partial charge in [-0.05, 0) is 78.2 Å². The van der Waals surface area contributed by atoms with Gasteiger partial charge in [-0.25, -0.2) is 9.07 Å². The number of nitrogens with zero attached hydrogens (tertiary/aromatic N) is 2. The molecule has 2 aromatic heterocycles. The monoisotopic (exact) mass is 499 g/mol. The van der Waals surface area contributed by atoms with Crippen LogP contribution in [-0.2, 0) is 0 Å². The van der Waals surface area contributed by atoms with Crippen molar-refractivity contribution >= 4 is 38.9 Å². The third kappa shape index (κ3) is 5.25. The molecule has 31 heavy (non-hydrogen) atoms. The molecule has 0 amide bonds. The number of halogens is 2. The number of thiophene rings is 1. The molecule has 1 atom stereocenters. The Morgan fingerprint density at radius 3 is 2.55 bits per heavy atom. The lowest BCUT2D eigenvalue weighted by Gasteiger charge is -2.22. The van der Waals surface area contributed by atoms with Crippen molar-refractivity contribution < 1.29 is 4.39 Å². The van der Waals surface area contributed by atoms with Gasteiger partial charge in [0.1, 0.15) is 5.82 Å². The van der Waals surface area contributed by atoms with Gasteiger partial charge in [0, 0.05) is 21.7 Å². The highest BCUT2D eigenvalue weighted by Crippen LogP contribution is 2.33. The second-order valence-corrected chi connectivity index (χ2v) is 9.51. The van der Waals surface area contributed by atoms with Crippen molar-refractivity contribution in [1.29, 1.82) is 0 Å². The quantitative estimate of drug-likeness (QED) is 0.303. The van der Waals surface area contributed by atoms with Crippen molar-refractivity contribution in [1.82, 2.24) is 15.1 Å². The van der Waals surface area contributed by atoms with Crippen molar-refractivity contribution in [2.45, 2.75) is 39.7 Å². The summed E-state index contributed by atoms with van der Waals surface area (Å²) < 4.78 is 16.3. The molecule has 0 bridgehead atoms. The van der Waals surface area contributed by atoms with Crippen LogP contribution < -0.4 is 5.32 Å². The molecule has 1 aromatic carbocycles.